The van der Waals surface area contributed by atoms with Crippen LogP contribution in [0.4, 0.5) is 13.2 Å². The number of rotatable bonds is 1. The molecule has 0 bridgehead atoms. The number of halogens is 3. The minimum Gasteiger partial charge on any atom is -0.375 e. The van der Waals surface area contributed by atoms with E-state index in [1.54, 1.807) is 11.0 Å². The number of fused-ring (bicyclic) bond motifs is 1. The van der Waals surface area contributed by atoms with E-state index < -0.39 is 12.0 Å². The number of alkyl halides is 3. The van der Waals surface area contributed by atoms with Gasteiger partial charge in [0.2, 0.25) is 5.82 Å². The van der Waals surface area contributed by atoms with Gasteiger partial charge in [0.15, 0.2) is 0 Å². The maximum atomic E-state index is 12.8. The van der Waals surface area contributed by atoms with Crippen LogP contribution >= 0.6 is 0 Å². The molecule has 26 heavy (non-hydrogen) atoms. The highest BCUT2D eigenvalue weighted by molar-refractivity contribution is 5.97. The Morgan fingerprint density at radius 2 is 2.00 bits per heavy atom. The van der Waals surface area contributed by atoms with Gasteiger partial charge in [-0.1, -0.05) is 0 Å². The molecule has 2 aliphatic heterocycles. The maximum absolute atomic E-state index is 12.8. The number of H-pyrrole nitrogens is 1. The van der Waals surface area contributed by atoms with Crippen molar-refractivity contribution < 1.29 is 22.7 Å². The van der Waals surface area contributed by atoms with Gasteiger partial charge in [0, 0.05) is 25.3 Å². The van der Waals surface area contributed by atoms with E-state index in [1.807, 2.05) is 0 Å². The average Bonchev–Trinajstić information content (AvgIpc) is 3.17. The zero-order valence-electron chi connectivity index (χ0n) is 14.2. The van der Waals surface area contributed by atoms with Crippen LogP contribution in [0.3, 0.4) is 0 Å². The number of ether oxygens (including phenoxy) is 1. The number of nitrogens with one attached hydrogen (secondary N) is 1. The van der Waals surface area contributed by atoms with Crippen LogP contribution in [0.2, 0.25) is 0 Å². The van der Waals surface area contributed by atoms with Crippen molar-refractivity contribution in [2.24, 2.45) is 0 Å². The first kappa shape index (κ1) is 17.3. The average molecular weight is 367 g/mol. The van der Waals surface area contributed by atoms with Gasteiger partial charge >= 0.3 is 6.18 Å². The number of likely N-dealkylation sites (tertiary alicyclic amines) is 1. The SMILES string of the molecule is O=C(c1ccc2nc(C(F)(F)F)[nH]c2c1)N1CCC[C@]2(CCCO2)CC1. The van der Waals surface area contributed by atoms with Crippen molar-refractivity contribution in [1.82, 2.24) is 14.9 Å². The first-order valence-corrected chi connectivity index (χ1v) is 8.87. The van der Waals surface area contributed by atoms with E-state index in [0.29, 0.717) is 18.7 Å². The minimum atomic E-state index is -4.54. The second kappa shape index (κ2) is 6.26. The van der Waals surface area contributed by atoms with Crippen molar-refractivity contribution in [3.8, 4) is 0 Å². The van der Waals surface area contributed by atoms with Crippen LogP contribution in [0, 0.1) is 0 Å². The van der Waals surface area contributed by atoms with Crippen LogP contribution in [-0.2, 0) is 10.9 Å². The Kier molecular flexibility index (Phi) is 4.17. The summed E-state index contributed by atoms with van der Waals surface area (Å²) in [5.74, 6) is -1.21. The van der Waals surface area contributed by atoms with Gasteiger partial charge in [0.05, 0.1) is 16.6 Å². The highest BCUT2D eigenvalue weighted by Gasteiger charge is 2.38. The highest BCUT2D eigenvalue weighted by Crippen LogP contribution is 2.36. The molecule has 1 aromatic carbocycles. The third kappa shape index (κ3) is 3.18. The number of hydrogen-bond acceptors (Lipinski definition) is 3. The van der Waals surface area contributed by atoms with E-state index in [9.17, 15) is 18.0 Å². The lowest BCUT2D eigenvalue weighted by molar-refractivity contribution is -0.144. The lowest BCUT2D eigenvalue weighted by Gasteiger charge is -2.27. The predicted molar refractivity (Wildman–Crippen MR) is 88.8 cm³/mol. The second-order valence-corrected chi connectivity index (χ2v) is 7.10. The molecule has 0 unspecified atom stereocenters. The van der Waals surface area contributed by atoms with Crippen LogP contribution < -0.4 is 0 Å². The summed E-state index contributed by atoms with van der Waals surface area (Å²) in [7, 11) is 0. The van der Waals surface area contributed by atoms with Gasteiger partial charge in [-0.25, -0.2) is 4.98 Å². The van der Waals surface area contributed by atoms with Crippen molar-refractivity contribution in [3.05, 3.63) is 29.6 Å². The fourth-order valence-corrected chi connectivity index (χ4v) is 3.98. The molecule has 1 aromatic heterocycles. The molecule has 2 aromatic rings. The monoisotopic (exact) mass is 367 g/mol. The third-order valence-electron chi connectivity index (χ3n) is 5.37. The van der Waals surface area contributed by atoms with E-state index in [4.69, 9.17) is 4.74 Å². The molecule has 1 N–H and O–H groups in total. The standard InChI is InChI=1S/C18H20F3N3O2/c19-18(20,21)16-22-13-4-3-12(11-14(13)23-16)15(25)24-8-1-5-17(7-9-24)6-2-10-26-17/h3-4,11H,1-2,5-10H2,(H,22,23)/t17-/m0/s1. The van der Waals surface area contributed by atoms with E-state index in [-0.39, 0.29) is 22.5 Å². The Morgan fingerprint density at radius 1 is 1.19 bits per heavy atom. The topological polar surface area (TPSA) is 58.2 Å². The Labute approximate surface area is 148 Å². The van der Waals surface area contributed by atoms with Gasteiger partial charge in [-0.2, -0.15) is 13.2 Å². The number of aromatic amines is 1. The molecule has 1 atom stereocenters. The van der Waals surface area contributed by atoms with Crippen LogP contribution in [0.25, 0.3) is 11.0 Å². The highest BCUT2D eigenvalue weighted by atomic mass is 19.4. The van der Waals surface area contributed by atoms with Crippen molar-refractivity contribution in [1.29, 1.82) is 0 Å². The van der Waals surface area contributed by atoms with E-state index in [0.717, 1.165) is 38.7 Å². The molecule has 4 rings (SSSR count). The third-order valence-corrected chi connectivity index (χ3v) is 5.37. The number of aromatic nitrogens is 2. The number of carbonyl (C=O) groups is 1. The van der Waals surface area contributed by atoms with E-state index >= 15 is 0 Å². The summed E-state index contributed by atoms with van der Waals surface area (Å²) >= 11 is 0. The summed E-state index contributed by atoms with van der Waals surface area (Å²) in [5, 5.41) is 0. The molecule has 0 radical (unpaired) electrons. The number of amides is 1. The Hall–Kier alpha value is -2.09. The second-order valence-electron chi connectivity index (χ2n) is 7.10. The summed E-state index contributed by atoms with van der Waals surface area (Å²) in [6, 6.07) is 4.44. The summed E-state index contributed by atoms with van der Waals surface area (Å²) in [6.07, 6.45) is 0.190. The predicted octanol–water partition coefficient (Wildman–Crippen LogP) is 3.76. The summed E-state index contributed by atoms with van der Waals surface area (Å²) < 4.78 is 44.3. The van der Waals surface area contributed by atoms with Gasteiger partial charge in [-0.15, -0.1) is 0 Å². The molecular weight excluding hydrogens is 347 g/mol. The smallest absolute Gasteiger partial charge is 0.375 e. The van der Waals surface area contributed by atoms with E-state index in [2.05, 4.69) is 9.97 Å². The van der Waals surface area contributed by atoms with Crippen LogP contribution in [-0.4, -0.2) is 46.1 Å². The quantitative estimate of drug-likeness (QED) is 0.835. The molecule has 140 valence electrons. The molecule has 0 aliphatic carbocycles. The minimum absolute atomic E-state index is 0.0933. The van der Waals surface area contributed by atoms with Crippen molar-refractivity contribution >= 4 is 16.9 Å². The summed E-state index contributed by atoms with van der Waals surface area (Å²) in [6.45, 7) is 2.03. The molecule has 3 heterocycles. The number of nitrogens with zero attached hydrogens (tertiary/aromatic N) is 2. The fourth-order valence-electron chi connectivity index (χ4n) is 3.98. The van der Waals surface area contributed by atoms with Crippen molar-refractivity contribution in [2.45, 2.75) is 43.9 Å². The van der Waals surface area contributed by atoms with Crippen molar-refractivity contribution in [3.63, 3.8) is 0 Å². The van der Waals surface area contributed by atoms with Gasteiger partial charge in [0.1, 0.15) is 0 Å². The molecule has 1 spiro atoms. The van der Waals surface area contributed by atoms with Crippen LogP contribution in [0.5, 0.6) is 0 Å². The van der Waals surface area contributed by atoms with Crippen molar-refractivity contribution in [2.75, 3.05) is 19.7 Å². The van der Waals surface area contributed by atoms with E-state index in [1.165, 1.54) is 12.1 Å². The maximum Gasteiger partial charge on any atom is 0.449 e. The zero-order valence-corrected chi connectivity index (χ0v) is 14.2. The molecule has 0 saturated carbocycles. The lowest BCUT2D eigenvalue weighted by atomic mass is 9.92. The molecule has 2 saturated heterocycles. The molecule has 8 heteroatoms. The Bertz CT molecular complexity index is 825. The lowest BCUT2D eigenvalue weighted by Crippen LogP contribution is -2.34. The Morgan fingerprint density at radius 3 is 2.73 bits per heavy atom. The van der Waals surface area contributed by atoms with Gasteiger partial charge in [-0.05, 0) is 50.3 Å². The van der Waals surface area contributed by atoms with Crippen LogP contribution in [0.15, 0.2) is 18.2 Å². The van der Waals surface area contributed by atoms with Crippen LogP contribution in [0.1, 0.15) is 48.3 Å². The molecular formula is C18H20F3N3O2. The molecule has 2 fully saturated rings. The number of imidazole rings is 1. The fraction of sp³-hybridized carbons (Fsp3) is 0.556. The largest absolute Gasteiger partial charge is 0.449 e. The summed E-state index contributed by atoms with van der Waals surface area (Å²) in [5.41, 5.74) is 0.694. The first-order valence-electron chi connectivity index (χ1n) is 8.87. The molecule has 1 amide bonds. The molecule has 2 aliphatic rings. The number of benzene rings is 1. The Balaban J connectivity index is 1.54. The number of hydrogen-bond donors (Lipinski definition) is 1. The molecule has 5 nitrogen and oxygen atoms in total. The van der Waals surface area contributed by atoms with Gasteiger partial charge in [-0.3, -0.25) is 4.79 Å². The first-order chi connectivity index (χ1) is 12.4. The normalized spacial score (nSPS) is 24.3. The van der Waals surface area contributed by atoms with Gasteiger partial charge < -0.3 is 14.6 Å². The number of carbonyl (C=O) groups excluding carboxylic acids is 1. The van der Waals surface area contributed by atoms with Gasteiger partial charge in [0.25, 0.3) is 5.91 Å². The zero-order chi connectivity index (χ0) is 18.4. The summed E-state index contributed by atoms with van der Waals surface area (Å²) in [4.78, 5) is 20.4.